The summed E-state index contributed by atoms with van der Waals surface area (Å²) < 4.78 is 20.0. The molecule has 3 aromatic heterocycles. The molecule has 254 valence electrons. The Morgan fingerprint density at radius 1 is 1.06 bits per heavy atom. The molecule has 0 bridgehead atoms. The topological polar surface area (TPSA) is 109 Å². The number of H-pyrrole nitrogens is 1. The Labute approximate surface area is 287 Å². The molecule has 0 saturated carbocycles. The van der Waals surface area contributed by atoms with Crippen LogP contribution in [0.4, 0.5) is 10.1 Å². The van der Waals surface area contributed by atoms with Crippen molar-refractivity contribution in [3.05, 3.63) is 91.4 Å². The third-order valence-corrected chi connectivity index (χ3v) is 10.5. The molecule has 1 amide bonds. The van der Waals surface area contributed by atoms with Gasteiger partial charge in [0, 0.05) is 54.7 Å². The lowest BCUT2D eigenvalue weighted by molar-refractivity contribution is -0.128. The van der Waals surface area contributed by atoms with E-state index in [1.165, 1.54) is 23.0 Å². The van der Waals surface area contributed by atoms with Gasteiger partial charge in [0.25, 0.3) is 5.56 Å². The summed E-state index contributed by atoms with van der Waals surface area (Å²) in [4.78, 5) is 56.7. The van der Waals surface area contributed by atoms with E-state index in [1.807, 2.05) is 47.6 Å². The molecule has 12 heteroatoms. The lowest BCUT2D eigenvalue weighted by Crippen LogP contribution is -2.57. The Bertz CT molecular complexity index is 2330. The van der Waals surface area contributed by atoms with Crippen molar-refractivity contribution in [2.75, 3.05) is 18.0 Å². The molecule has 2 aromatic carbocycles. The minimum Gasteiger partial charge on any atom is -0.363 e. The SMILES string of the molecule is C=CC(=O)N1CC2Cc3c(c4cc(F)c(-c5c(C)ccc6[nH]c(=O)n(C)c56)c(Cl)c4n(-c4c(C(C)C)ncnc4C(C)C)c3=O)N2CC1C. The average Bonchev–Trinajstić information content (AvgIpc) is 3.57. The second-order valence-corrected chi connectivity index (χ2v) is 14.3. The van der Waals surface area contributed by atoms with E-state index >= 15 is 9.18 Å². The molecule has 7 rings (SSSR count). The number of halogens is 2. The van der Waals surface area contributed by atoms with Crippen LogP contribution in [0, 0.1) is 12.7 Å². The molecule has 2 aliphatic rings. The number of anilines is 1. The van der Waals surface area contributed by atoms with Gasteiger partial charge < -0.3 is 14.8 Å². The van der Waals surface area contributed by atoms with Crippen molar-refractivity contribution in [3.8, 4) is 16.8 Å². The van der Waals surface area contributed by atoms with Gasteiger partial charge in [0.05, 0.1) is 50.4 Å². The number of hydrogen-bond acceptors (Lipinski definition) is 6. The minimum atomic E-state index is -0.580. The molecule has 0 spiro atoms. The summed E-state index contributed by atoms with van der Waals surface area (Å²) in [5.74, 6) is -0.915. The molecule has 2 atom stereocenters. The zero-order valence-electron chi connectivity index (χ0n) is 28.7. The zero-order chi connectivity index (χ0) is 35.2. The van der Waals surface area contributed by atoms with E-state index in [0.29, 0.717) is 80.9 Å². The number of imidazole rings is 1. The smallest absolute Gasteiger partial charge is 0.326 e. The van der Waals surface area contributed by atoms with Gasteiger partial charge in [-0.15, -0.1) is 0 Å². The fraction of sp³-hybridized carbons (Fsp3) is 0.378. The molecular formula is C37H39ClFN7O3. The fourth-order valence-corrected chi connectivity index (χ4v) is 8.22. The monoisotopic (exact) mass is 683 g/mol. The lowest BCUT2D eigenvalue weighted by atomic mass is 9.95. The number of fused-ring (bicyclic) bond motifs is 6. The summed E-state index contributed by atoms with van der Waals surface area (Å²) in [5.41, 5.74) is 5.07. The highest BCUT2D eigenvalue weighted by Crippen LogP contribution is 2.47. The lowest BCUT2D eigenvalue weighted by Gasteiger charge is -2.43. The summed E-state index contributed by atoms with van der Waals surface area (Å²) in [6, 6.07) is 4.70. The molecule has 1 N–H and O–H groups in total. The summed E-state index contributed by atoms with van der Waals surface area (Å²) in [6.45, 7) is 16.3. The van der Waals surface area contributed by atoms with Gasteiger partial charge in [-0.05, 0) is 49.5 Å². The predicted octanol–water partition coefficient (Wildman–Crippen LogP) is 6.12. The fourth-order valence-electron chi connectivity index (χ4n) is 7.85. The van der Waals surface area contributed by atoms with E-state index in [2.05, 4.69) is 26.4 Å². The number of nitrogens with zero attached hydrogens (tertiary/aromatic N) is 6. The van der Waals surface area contributed by atoms with Crippen LogP contribution in [0.1, 0.15) is 69.0 Å². The summed E-state index contributed by atoms with van der Waals surface area (Å²) in [7, 11) is 1.63. The molecular weight excluding hydrogens is 645 g/mol. The maximum absolute atomic E-state index is 17.0. The van der Waals surface area contributed by atoms with Gasteiger partial charge in [-0.2, -0.15) is 0 Å². The van der Waals surface area contributed by atoms with Crippen LogP contribution in [0.2, 0.25) is 5.02 Å². The van der Waals surface area contributed by atoms with Gasteiger partial charge in [0.2, 0.25) is 5.91 Å². The second-order valence-electron chi connectivity index (χ2n) is 13.9. The largest absolute Gasteiger partial charge is 0.363 e. The highest BCUT2D eigenvalue weighted by atomic mass is 35.5. The Hall–Kier alpha value is -4.77. The number of amides is 1. The van der Waals surface area contributed by atoms with Crippen LogP contribution in [-0.4, -0.2) is 60.1 Å². The molecule has 0 aliphatic carbocycles. The molecule has 0 radical (unpaired) electrons. The van der Waals surface area contributed by atoms with Crippen LogP contribution in [-0.2, 0) is 18.3 Å². The quantitative estimate of drug-likeness (QED) is 0.224. The van der Waals surface area contributed by atoms with Crippen LogP contribution in [0.3, 0.4) is 0 Å². The number of carbonyl (C=O) groups excluding carboxylic acids is 1. The van der Waals surface area contributed by atoms with Crippen molar-refractivity contribution >= 4 is 45.1 Å². The van der Waals surface area contributed by atoms with Crippen molar-refractivity contribution < 1.29 is 9.18 Å². The van der Waals surface area contributed by atoms with Crippen molar-refractivity contribution in [2.45, 2.75) is 71.9 Å². The van der Waals surface area contributed by atoms with Crippen molar-refractivity contribution in [3.63, 3.8) is 0 Å². The first-order chi connectivity index (χ1) is 23.3. The van der Waals surface area contributed by atoms with Crippen molar-refractivity contribution in [1.29, 1.82) is 0 Å². The molecule has 10 nitrogen and oxygen atoms in total. The molecule has 5 aromatic rings. The first kappa shape index (κ1) is 32.8. The van der Waals surface area contributed by atoms with Gasteiger partial charge in [0.1, 0.15) is 12.1 Å². The van der Waals surface area contributed by atoms with Crippen LogP contribution >= 0.6 is 11.6 Å². The van der Waals surface area contributed by atoms with Gasteiger partial charge in [0.15, 0.2) is 0 Å². The third-order valence-electron chi connectivity index (χ3n) is 10.2. The summed E-state index contributed by atoms with van der Waals surface area (Å²) in [5, 5.41) is 0.532. The van der Waals surface area contributed by atoms with E-state index in [-0.39, 0.29) is 51.7 Å². The van der Waals surface area contributed by atoms with Gasteiger partial charge >= 0.3 is 5.69 Å². The Kier molecular flexibility index (Phi) is 7.81. The van der Waals surface area contributed by atoms with E-state index in [1.54, 1.807) is 22.6 Å². The Morgan fingerprint density at radius 2 is 1.73 bits per heavy atom. The number of aromatic nitrogens is 5. The first-order valence-corrected chi connectivity index (χ1v) is 17.0. The number of hydrogen-bond donors (Lipinski definition) is 1. The molecule has 49 heavy (non-hydrogen) atoms. The second kappa shape index (κ2) is 11.7. The predicted molar refractivity (Wildman–Crippen MR) is 192 cm³/mol. The van der Waals surface area contributed by atoms with Gasteiger partial charge in [-0.25, -0.2) is 19.2 Å². The number of rotatable bonds is 5. The summed E-state index contributed by atoms with van der Waals surface area (Å²) in [6.07, 6.45) is 3.20. The van der Waals surface area contributed by atoms with E-state index < -0.39 is 5.82 Å². The van der Waals surface area contributed by atoms with Crippen molar-refractivity contribution in [2.24, 2.45) is 7.05 Å². The first-order valence-electron chi connectivity index (χ1n) is 16.6. The molecule has 2 unspecified atom stereocenters. The number of benzene rings is 2. The molecule has 5 heterocycles. The number of piperazine rings is 1. The average molecular weight is 684 g/mol. The highest BCUT2D eigenvalue weighted by molar-refractivity contribution is 6.39. The van der Waals surface area contributed by atoms with Gasteiger partial charge in [-0.1, -0.05) is 51.9 Å². The van der Waals surface area contributed by atoms with Gasteiger partial charge in [-0.3, -0.25) is 18.7 Å². The van der Waals surface area contributed by atoms with Crippen LogP contribution in [0.25, 0.3) is 38.8 Å². The standard InChI is InChI=1S/C37H39ClFN7O3/c1-9-26(47)44-15-21-12-23-32(45(21)14-20(44)7)22-13-24(39)28(27-19(6)10-11-25-34(27)43(8)37(49)42-25)29(38)33(22)46(36(23)48)35-30(17(2)3)40-16-41-31(35)18(4)5/h9-11,13,16-18,20-21H,1,12,14-15H2,2-8H3,(H,42,49). The number of carbonyl (C=O) groups is 1. The third kappa shape index (κ3) is 4.76. The Balaban J connectivity index is 1.65. The number of aryl methyl sites for hydroxylation is 2. The summed E-state index contributed by atoms with van der Waals surface area (Å²) >= 11 is 7.47. The van der Waals surface area contributed by atoms with E-state index in [0.717, 1.165) is 0 Å². The minimum absolute atomic E-state index is 0.0457. The maximum Gasteiger partial charge on any atom is 0.326 e. The number of nitrogens with one attached hydrogen (secondary N) is 1. The van der Waals surface area contributed by atoms with E-state index in [9.17, 15) is 9.59 Å². The van der Waals surface area contributed by atoms with E-state index in [4.69, 9.17) is 11.6 Å². The van der Waals surface area contributed by atoms with Crippen LogP contribution in [0.5, 0.6) is 0 Å². The van der Waals surface area contributed by atoms with Crippen molar-refractivity contribution in [1.82, 2.24) is 29.0 Å². The molecule has 1 saturated heterocycles. The molecule has 1 fully saturated rings. The number of aromatic amines is 1. The normalized spacial score (nSPS) is 17.4. The Morgan fingerprint density at radius 3 is 2.37 bits per heavy atom. The number of pyridine rings is 1. The molecule has 2 aliphatic heterocycles. The highest BCUT2D eigenvalue weighted by Gasteiger charge is 2.42. The maximum atomic E-state index is 17.0. The zero-order valence-corrected chi connectivity index (χ0v) is 29.4. The van der Waals surface area contributed by atoms with Crippen LogP contribution < -0.4 is 16.1 Å². The van der Waals surface area contributed by atoms with Crippen LogP contribution in [0.15, 0.2) is 46.8 Å².